The van der Waals surface area contributed by atoms with Gasteiger partial charge in [0.1, 0.15) is 22.8 Å². The maximum absolute atomic E-state index is 13.3. The first-order chi connectivity index (χ1) is 15.0. The van der Waals surface area contributed by atoms with Crippen molar-refractivity contribution in [3.8, 4) is 5.75 Å². The van der Waals surface area contributed by atoms with Crippen LogP contribution in [0, 0.1) is 11.8 Å². The minimum Gasteiger partial charge on any atom is -0.508 e. The summed E-state index contributed by atoms with van der Waals surface area (Å²) >= 11 is 0. The molecule has 0 saturated heterocycles. The van der Waals surface area contributed by atoms with Gasteiger partial charge in [-0.2, -0.15) is 0 Å². The van der Waals surface area contributed by atoms with E-state index in [0.29, 0.717) is 5.56 Å². The molecule has 1 fully saturated rings. The van der Waals surface area contributed by atoms with E-state index in [-0.39, 0.29) is 42.6 Å². The Morgan fingerprint density at radius 3 is 2.47 bits per heavy atom. The smallest absolute Gasteiger partial charge is 0.255 e. The maximum Gasteiger partial charge on any atom is 0.255 e. The quantitative estimate of drug-likeness (QED) is 0.232. The van der Waals surface area contributed by atoms with Gasteiger partial charge in [0.2, 0.25) is 11.7 Å². The summed E-state index contributed by atoms with van der Waals surface area (Å²) in [7, 11) is 0. The zero-order valence-electron chi connectivity index (χ0n) is 16.7. The van der Waals surface area contributed by atoms with Gasteiger partial charge >= 0.3 is 0 Å². The predicted molar refractivity (Wildman–Crippen MR) is 109 cm³/mol. The summed E-state index contributed by atoms with van der Waals surface area (Å²) in [5.41, 5.74) is 7.04. The number of phenols is 1. The normalized spacial score (nSPS) is 26.9. The molecule has 1 saturated carbocycles. The fraction of sp³-hybridized carbons (Fsp3) is 0.333. The van der Waals surface area contributed by atoms with Crippen LogP contribution < -0.4 is 16.8 Å². The second kappa shape index (κ2) is 7.18. The van der Waals surface area contributed by atoms with Gasteiger partial charge in [-0.1, -0.05) is 6.07 Å². The highest BCUT2D eigenvalue weighted by Gasteiger charge is 2.60. The number of aromatic hydroxyl groups is 1. The molecular formula is C21H21N3O8. The van der Waals surface area contributed by atoms with Gasteiger partial charge in [-0.05, 0) is 30.4 Å². The average molecular weight is 443 g/mol. The number of benzene rings is 1. The van der Waals surface area contributed by atoms with Crippen LogP contribution >= 0.6 is 0 Å². The molecule has 9 N–H and O–H groups in total. The second-order valence-electron chi connectivity index (χ2n) is 8.15. The van der Waals surface area contributed by atoms with Gasteiger partial charge in [0, 0.05) is 17.9 Å². The number of primary amides is 1. The van der Waals surface area contributed by atoms with E-state index in [1.807, 2.05) is 0 Å². The number of ketones is 2. The number of aliphatic hydroxyl groups is 3. The number of aliphatic hydroxyl groups excluding tert-OH is 2. The van der Waals surface area contributed by atoms with Crippen molar-refractivity contribution < 1.29 is 39.6 Å². The van der Waals surface area contributed by atoms with E-state index in [1.54, 1.807) is 6.07 Å². The summed E-state index contributed by atoms with van der Waals surface area (Å²) in [5.74, 6) is -7.61. The monoisotopic (exact) mass is 443 g/mol. The molecule has 1 aromatic rings. The lowest BCUT2D eigenvalue weighted by Gasteiger charge is -2.46. The highest BCUT2D eigenvalue weighted by Crippen LogP contribution is 2.52. The Kier molecular flexibility index (Phi) is 4.83. The average Bonchev–Trinajstić information content (AvgIpc) is 2.72. The fourth-order valence-electron chi connectivity index (χ4n) is 4.90. The lowest BCUT2D eigenvalue weighted by molar-refractivity contribution is -0.147. The molecule has 3 aliphatic rings. The number of rotatable bonds is 3. The van der Waals surface area contributed by atoms with Gasteiger partial charge in [-0.3, -0.25) is 19.2 Å². The molecule has 32 heavy (non-hydrogen) atoms. The molecule has 168 valence electrons. The summed E-state index contributed by atoms with van der Waals surface area (Å²) in [6, 6.07) is 2.99. The predicted octanol–water partition coefficient (Wildman–Crippen LogP) is -0.679. The molecule has 3 atom stereocenters. The molecule has 0 aliphatic heterocycles. The second-order valence-corrected chi connectivity index (χ2v) is 8.15. The third kappa shape index (κ3) is 2.82. The van der Waals surface area contributed by atoms with Crippen LogP contribution in [0.5, 0.6) is 5.75 Å². The Labute approximate surface area is 181 Å². The van der Waals surface area contributed by atoms with Gasteiger partial charge in [-0.25, -0.2) is 0 Å². The van der Waals surface area contributed by atoms with Gasteiger partial charge in [0.05, 0.1) is 17.8 Å². The van der Waals surface area contributed by atoms with Crippen molar-refractivity contribution in [2.45, 2.75) is 24.9 Å². The van der Waals surface area contributed by atoms with Crippen LogP contribution in [0.2, 0.25) is 0 Å². The molecule has 3 aliphatic carbocycles. The summed E-state index contributed by atoms with van der Waals surface area (Å²) in [5, 5.41) is 45.6. The van der Waals surface area contributed by atoms with E-state index < -0.39 is 63.7 Å². The molecule has 4 rings (SSSR count). The number of phenolic OH excluding ortho intramolecular Hbond substituents is 1. The highest BCUT2D eigenvalue weighted by molar-refractivity contribution is 6.22. The van der Waals surface area contributed by atoms with E-state index in [1.165, 1.54) is 6.07 Å². The Hall–Kier alpha value is -3.70. The zero-order chi connectivity index (χ0) is 23.5. The molecule has 11 heteroatoms. The topological polar surface area (TPSA) is 213 Å². The molecule has 2 amide bonds. The number of Topliss-reactive ketones (excluding diaryl/α,β-unsaturated/α-hetero) is 2. The summed E-state index contributed by atoms with van der Waals surface area (Å²) < 4.78 is 0. The third-order valence-electron chi connectivity index (χ3n) is 6.40. The molecule has 0 radical (unpaired) electrons. The van der Waals surface area contributed by atoms with E-state index in [9.17, 15) is 39.6 Å². The number of nitrogens with one attached hydrogen (secondary N) is 1. The summed E-state index contributed by atoms with van der Waals surface area (Å²) in [6.45, 7) is -0.342. The fourth-order valence-corrected chi connectivity index (χ4v) is 4.90. The number of carbonyl (C=O) groups excluding carboxylic acids is 4. The van der Waals surface area contributed by atoms with Crippen molar-refractivity contribution in [2.24, 2.45) is 23.3 Å². The Morgan fingerprint density at radius 2 is 1.84 bits per heavy atom. The lowest BCUT2D eigenvalue weighted by Crippen LogP contribution is -2.58. The van der Waals surface area contributed by atoms with Crippen molar-refractivity contribution in [2.75, 3.05) is 11.9 Å². The summed E-state index contributed by atoms with van der Waals surface area (Å²) in [4.78, 5) is 48.9. The molecule has 0 unspecified atom stereocenters. The first-order valence-electron chi connectivity index (χ1n) is 9.84. The van der Waals surface area contributed by atoms with Crippen LogP contribution in [-0.2, 0) is 25.6 Å². The largest absolute Gasteiger partial charge is 0.508 e. The number of hydrogen-bond donors (Lipinski definition) is 7. The number of amides is 2. The number of carbonyl (C=O) groups is 4. The van der Waals surface area contributed by atoms with Gasteiger partial charge in [0.15, 0.2) is 11.4 Å². The van der Waals surface area contributed by atoms with E-state index in [4.69, 9.17) is 11.5 Å². The van der Waals surface area contributed by atoms with Crippen LogP contribution in [0.25, 0.3) is 5.76 Å². The van der Waals surface area contributed by atoms with Crippen LogP contribution in [-0.4, -0.2) is 56.0 Å². The van der Waals surface area contributed by atoms with Crippen LogP contribution in [0.4, 0.5) is 5.69 Å². The molecule has 1 aromatic carbocycles. The molecule has 0 heterocycles. The molecule has 0 aromatic heterocycles. The van der Waals surface area contributed by atoms with Crippen molar-refractivity contribution in [3.05, 3.63) is 40.2 Å². The van der Waals surface area contributed by atoms with E-state index in [2.05, 4.69) is 5.32 Å². The first kappa shape index (κ1) is 21.5. The van der Waals surface area contributed by atoms with E-state index in [0.717, 1.165) is 0 Å². The number of nitrogens with two attached hydrogens (primary N) is 2. The molecule has 0 bridgehead atoms. The van der Waals surface area contributed by atoms with Crippen LogP contribution in [0.1, 0.15) is 24.0 Å². The molecule has 0 spiro atoms. The van der Waals surface area contributed by atoms with Gasteiger partial charge < -0.3 is 37.2 Å². The first-order valence-corrected chi connectivity index (χ1v) is 9.84. The van der Waals surface area contributed by atoms with E-state index >= 15 is 0 Å². The maximum atomic E-state index is 13.3. The number of hydrogen-bond acceptors (Lipinski definition) is 9. The third-order valence-corrected chi connectivity index (χ3v) is 6.40. The Bertz CT molecular complexity index is 1170. The standard InChI is InChI=1S/C21H21N3O8/c22-6-12(26)24-10-2-1-7-3-8-4-9-5-11(25)15(20(23)31)19(30)21(9,32)18(29)14(8)17(28)13(7)16(10)27/h1-2,8-9,27-28,30,32H,3-6,22H2,(H2,23,31)(H,24,26)/t8-,9-,21-/m0/s1. The van der Waals surface area contributed by atoms with Crippen molar-refractivity contribution in [1.82, 2.24) is 0 Å². The van der Waals surface area contributed by atoms with Crippen molar-refractivity contribution in [3.63, 3.8) is 0 Å². The minimum absolute atomic E-state index is 0.0355. The lowest BCUT2D eigenvalue weighted by atomic mass is 9.59. The number of anilines is 1. The van der Waals surface area contributed by atoms with Gasteiger partial charge in [-0.15, -0.1) is 0 Å². The van der Waals surface area contributed by atoms with Crippen molar-refractivity contribution >= 4 is 34.8 Å². The SMILES string of the molecule is NCC(=O)Nc1ccc2c(c1O)C(O)=C1C(=O)[C@]3(O)C(O)=C(C(N)=O)C(=O)C[C@@H]3C[C@@H]1C2. The van der Waals surface area contributed by atoms with Crippen molar-refractivity contribution in [1.29, 1.82) is 0 Å². The minimum atomic E-state index is -2.61. The van der Waals surface area contributed by atoms with Crippen LogP contribution in [0.3, 0.4) is 0 Å². The molecular weight excluding hydrogens is 422 g/mol. The summed E-state index contributed by atoms with van der Waals surface area (Å²) in [6.07, 6.45) is -0.139. The molecule has 11 nitrogen and oxygen atoms in total. The van der Waals surface area contributed by atoms with Gasteiger partial charge in [0.25, 0.3) is 5.91 Å². The highest BCUT2D eigenvalue weighted by atomic mass is 16.3. The Morgan fingerprint density at radius 1 is 1.16 bits per heavy atom. The number of fused-ring (bicyclic) bond motifs is 3. The Balaban J connectivity index is 1.87. The van der Waals surface area contributed by atoms with Crippen LogP contribution in [0.15, 0.2) is 29.0 Å². The zero-order valence-corrected chi connectivity index (χ0v) is 16.7.